The Morgan fingerprint density at radius 1 is 1.05 bits per heavy atom. The second-order valence-electron chi connectivity index (χ2n) is 3.50. The summed E-state index contributed by atoms with van der Waals surface area (Å²) in [5.41, 5.74) is 1.40. The maximum absolute atomic E-state index is 7.57. The zero-order valence-corrected chi connectivity index (χ0v) is 16.7. The Kier molecular flexibility index (Phi) is 38.8. The number of rotatable bonds is 2. The summed E-state index contributed by atoms with van der Waals surface area (Å²) < 4.78 is 0. The van der Waals surface area contributed by atoms with Crippen LogP contribution in [0.25, 0.3) is 0 Å². The van der Waals surface area contributed by atoms with Gasteiger partial charge in [0.15, 0.2) is 0 Å². The van der Waals surface area contributed by atoms with E-state index in [1.807, 2.05) is 0 Å². The number of hydrogen-bond acceptors (Lipinski definition) is 3. The van der Waals surface area contributed by atoms with Gasteiger partial charge in [0.25, 0.3) is 0 Å². The largest absolute Gasteiger partial charge is 0.397 e. The molecule has 4 heteroatoms. The van der Waals surface area contributed by atoms with E-state index >= 15 is 0 Å². The molecule has 1 atom stereocenters. The van der Waals surface area contributed by atoms with Gasteiger partial charge in [-0.25, -0.2) is 11.6 Å². The molecule has 0 aromatic rings. The van der Waals surface area contributed by atoms with Crippen LogP contribution in [0, 0.1) is 12.0 Å². The first kappa shape index (κ1) is 27.6. The number of aliphatic hydroxyl groups is 3. The molecule has 0 fully saturated rings. The van der Waals surface area contributed by atoms with E-state index in [-0.39, 0.29) is 45.7 Å². The van der Waals surface area contributed by atoms with E-state index in [1.54, 1.807) is 20.8 Å². The molecule has 0 saturated carbocycles. The number of allylic oxidation sites excluding steroid dienone is 4. The summed E-state index contributed by atoms with van der Waals surface area (Å²) in [6.45, 7) is 10.3. The second-order valence-corrected chi connectivity index (χ2v) is 3.50. The summed E-state index contributed by atoms with van der Waals surface area (Å²) in [7, 11) is 0. The monoisotopic (exact) mass is 439 g/mol. The minimum Gasteiger partial charge on any atom is -0.397 e. The van der Waals surface area contributed by atoms with Crippen LogP contribution in [0.15, 0.2) is 17.7 Å². The first-order valence-electron chi connectivity index (χ1n) is 6.69. The van der Waals surface area contributed by atoms with Crippen molar-refractivity contribution in [2.45, 2.75) is 47.5 Å². The molecule has 0 saturated heterocycles. The van der Waals surface area contributed by atoms with Crippen molar-refractivity contribution in [3.8, 4) is 0 Å². The Balaban J connectivity index is -0.0000000956. The third kappa shape index (κ3) is 27.4. The van der Waals surface area contributed by atoms with Gasteiger partial charge < -0.3 is 15.3 Å². The van der Waals surface area contributed by atoms with E-state index in [0.29, 0.717) is 5.92 Å². The topological polar surface area (TPSA) is 60.7 Å². The Bertz CT molecular complexity index is 187. The maximum Gasteiger partial charge on any atom is 0.0402 e. The minimum absolute atomic E-state index is 0. The summed E-state index contributed by atoms with van der Waals surface area (Å²) in [6, 6.07) is 0. The van der Waals surface area contributed by atoms with Crippen LogP contribution in [-0.4, -0.2) is 35.1 Å². The molecule has 114 valence electrons. The molecule has 0 aliphatic heterocycles. The summed E-state index contributed by atoms with van der Waals surface area (Å²) in [5, 5.41) is 22.7. The normalized spacial score (nSPS) is 12.3. The Morgan fingerprint density at radius 3 is 1.63 bits per heavy atom. The smallest absolute Gasteiger partial charge is 0.0402 e. The van der Waals surface area contributed by atoms with Gasteiger partial charge >= 0.3 is 0 Å². The van der Waals surface area contributed by atoms with Crippen molar-refractivity contribution in [1.82, 2.24) is 0 Å². The molecule has 0 amide bonds. The molecule has 1 aliphatic rings. The van der Waals surface area contributed by atoms with Crippen molar-refractivity contribution in [2.24, 2.45) is 5.92 Å². The Hall–Kier alpha value is 0.230. The van der Waals surface area contributed by atoms with Gasteiger partial charge in [0, 0.05) is 45.7 Å². The molecular formula is C15H31HfO3-. The van der Waals surface area contributed by atoms with Crippen molar-refractivity contribution < 1.29 is 41.2 Å². The standard InChI is InChI=1S/C9H13.3C2H6O.Hf/c1-3-8(2)9-6-4-5-7-9;3*1-2-3;/h4,6,8H,3,5H2,1-2H3;3*3H,2H2,1H3;/q-1;;;;. The molecule has 0 radical (unpaired) electrons. The molecule has 0 spiro atoms. The van der Waals surface area contributed by atoms with Gasteiger partial charge in [-0.1, -0.05) is 26.2 Å². The average Bonchev–Trinajstić information content (AvgIpc) is 2.85. The molecule has 1 rings (SSSR count). The van der Waals surface area contributed by atoms with E-state index in [4.69, 9.17) is 15.3 Å². The van der Waals surface area contributed by atoms with Gasteiger partial charge in [0.05, 0.1) is 0 Å². The summed E-state index contributed by atoms with van der Waals surface area (Å²) in [5.74, 6) is 0.712. The van der Waals surface area contributed by atoms with Crippen LogP contribution < -0.4 is 0 Å². The number of aliphatic hydroxyl groups excluding tert-OH is 3. The molecule has 1 unspecified atom stereocenters. The van der Waals surface area contributed by atoms with Crippen molar-refractivity contribution in [3.63, 3.8) is 0 Å². The molecule has 0 aromatic carbocycles. The fourth-order valence-corrected chi connectivity index (χ4v) is 0.980. The summed E-state index contributed by atoms with van der Waals surface area (Å²) in [6.07, 6.45) is 9.93. The molecule has 0 aromatic heterocycles. The zero-order chi connectivity index (χ0) is 14.8. The van der Waals surface area contributed by atoms with Crippen LogP contribution in [0.5, 0.6) is 0 Å². The van der Waals surface area contributed by atoms with Gasteiger partial charge in [-0.3, -0.25) is 6.08 Å². The third-order valence-electron chi connectivity index (χ3n) is 1.86. The van der Waals surface area contributed by atoms with E-state index in [9.17, 15) is 0 Å². The van der Waals surface area contributed by atoms with Crippen LogP contribution in [-0.2, 0) is 25.8 Å². The van der Waals surface area contributed by atoms with E-state index in [2.05, 4.69) is 32.1 Å². The second kappa shape index (κ2) is 26.7. The van der Waals surface area contributed by atoms with Gasteiger partial charge in [-0.15, -0.1) is 6.42 Å². The SMILES string of the molecule is CCC(C)C1=[C-]CC=C1.CCO.CCO.CCO.[Hf]. The molecule has 19 heavy (non-hydrogen) atoms. The summed E-state index contributed by atoms with van der Waals surface area (Å²) >= 11 is 0. The van der Waals surface area contributed by atoms with Crippen LogP contribution in [0.3, 0.4) is 0 Å². The van der Waals surface area contributed by atoms with Gasteiger partial charge in [0.1, 0.15) is 0 Å². The number of hydrogen-bond donors (Lipinski definition) is 3. The van der Waals surface area contributed by atoms with Crippen molar-refractivity contribution in [3.05, 3.63) is 23.8 Å². The van der Waals surface area contributed by atoms with Gasteiger partial charge in [0.2, 0.25) is 0 Å². The first-order chi connectivity index (χ1) is 8.59. The molecular weight excluding hydrogens is 407 g/mol. The van der Waals surface area contributed by atoms with E-state index < -0.39 is 0 Å². The molecule has 3 N–H and O–H groups in total. The van der Waals surface area contributed by atoms with Crippen molar-refractivity contribution in [1.29, 1.82) is 0 Å². The predicted octanol–water partition coefficient (Wildman–Crippen LogP) is 2.72. The summed E-state index contributed by atoms with van der Waals surface area (Å²) in [4.78, 5) is 0. The zero-order valence-electron chi connectivity index (χ0n) is 13.1. The van der Waals surface area contributed by atoms with Crippen LogP contribution in [0.1, 0.15) is 47.5 Å². The van der Waals surface area contributed by atoms with Crippen molar-refractivity contribution >= 4 is 0 Å². The Labute approximate surface area is 138 Å². The molecule has 1 aliphatic carbocycles. The van der Waals surface area contributed by atoms with E-state index in [0.717, 1.165) is 6.42 Å². The van der Waals surface area contributed by atoms with Crippen LogP contribution in [0.2, 0.25) is 0 Å². The molecule has 0 bridgehead atoms. The average molecular weight is 438 g/mol. The quantitative estimate of drug-likeness (QED) is 0.460. The minimum atomic E-state index is 0. The Morgan fingerprint density at radius 2 is 1.42 bits per heavy atom. The van der Waals surface area contributed by atoms with Crippen molar-refractivity contribution in [2.75, 3.05) is 19.8 Å². The maximum atomic E-state index is 7.57. The van der Waals surface area contributed by atoms with Gasteiger partial charge in [-0.05, 0) is 20.8 Å². The molecule has 3 nitrogen and oxygen atoms in total. The van der Waals surface area contributed by atoms with E-state index in [1.165, 1.54) is 12.0 Å². The fourth-order valence-electron chi connectivity index (χ4n) is 0.980. The fraction of sp³-hybridized carbons (Fsp3) is 0.733. The third-order valence-corrected chi connectivity index (χ3v) is 1.86. The first-order valence-corrected chi connectivity index (χ1v) is 6.69. The van der Waals surface area contributed by atoms with Crippen LogP contribution in [0.4, 0.5) is 0 Å². The van der Waals surface area contributed by atoms with Gasteiger partial charge in [-0.2, -0.15) is 6.08 Å². The predicted molar refractivity (Wildman–Crippen MR) is 78.2 cm³/mol. The van der Waals surface area contributed by atoms with Crippen LogP contribution >= 0.6 is 0 Å². The molecule has 0 heterocycles.